The Kier molecular flexibility index (Phi) is 3.46. The highest BCUT2D eigenvalue weighted by atomic mass is 16.2. The fourth-order valence-corrected chi connectivity index (χ4v) is 2.17. The largest absolute Gasteiger partial charge is 0.308 e. The molecule has 0 fully saturated rings. The van der Waals surface area contributed by atoms with Crippen LogP contribution in [0.4, 0.5) is 5.69 Å². The highest BCUT2D eigenvalue weighted by molar-refractivity contribution is 6.10. The van der Waals surface area contributed by atoms with Crippen molar-refractivity contribution in [1.82, 2.24) is 5.32 Å². The molecule has 0 radical (unpaired) electrons. The Balaban J connectivity index is 1.90. The summed E-state index contributed by atoms with van der Waals surface area (Å²) in [5.74, 6) is 0.555. The number of hydrogen-bond acceptors (Lipinski definition) is 3. The minimum atomic E-state index is -0.0611. The number of rotatable bonds is 3. The van der Waals surface area contributed by atoms with Crippen LogP contribution in [0, 0.1) is 0 Å². The highest BCUT2D eigenvalue weighted by Gasteiger charge is 2.21. The Hall–Kier alpha value is -2.62. The number of nitrogens with one attached hydrogen (secondary N) is 1. The van der Waals surface area contributed by atoms with Crippen LogP contribution >= 0.6 is 0 Å². The molecule has 0 aromatic heterocycles. The van der Waals surface area contributed by atoms with Crippen molar-refractivity contribution in [3.8, 4) is 0 Å². The molecule has 4 heteroatoms. The van der Waals surface area contributed by atoms with E-state index in [4.69, 9.17) is 0 Å². The van der Waals surface area contributed by atoms with Crippen molar-refractivity contribution in [1.29, 1.82) is 0 Å². The van der Waals surface area contributed by atoms with Gasteiger partial charge >= 0.3 is 0 Å². The summed E-state index contributed by atoms with van der Waals surface area (Å²) in [6, 6.07) is 20.1. The average Bonchev–Trinajstić information content (AvgIpc) is 2.93. The standard InChI is InChI=1S/C16H15N3O/c20-15-11-17-16(18-15)19(14-9-5-2-6-10-14)12-13-7-3-1-4-8-13/h1-10H,11-12H2,(H,17,18,20). The van der Waals surface area contributed by atoms with Crippen LogP contribution in [0.5, 0.6) is 0 Å². The molecule has 0 bridgehead atoms. The normalized spacial score (nSPS) is 13.8. The first-order valence-electron chi connectivity index (χ1n) is 6.54. The van der Waals surface area contributed by atoms with E-state index < -0.39 is 0 Å². The monoisotopic (exact) mass is 265 g/mol. The van der Waals surface area contributed by atoms with E-state index in [2.05, 4.69) is 22.4 Å². The zero-order chi connectivity index (χ0) is 13.8. The lowest BCUT2D eigenvalue weighted by Gasteiger charge is -2.24. The van der Waals surface area contributed by atoms with E-state index >= 15 is 0 Å². The van der Waals surface area contributed by atoms with Gasteiger partial charge in [0, 0.05) is 5.69 Å². The van der Waals surface area contributed by atoms with Crippen molar-refractivity contribution in [3.63, 3.8) is 0 Å². The first kappa shape index (κ1) is 12.4. The van der Waals surface area contributed by atoms with Crippen LogP contribution in [0.15, 0.2) is 65.7 Å². The molecule has 2 aromatic carbocycles. The van der Waals surface area contributed by atoms with Gasteiger partial charge in [-0.15, -0.1) is 0 Å². The van der Waals surface area contributed by atoms with Gasteiger partial charge in [-0.1, -0.05) is 48.5 Å². The van der Waals surface area contributed by atoms with E-state index in [1.54, 1.807) is 0 Å². The van der Waals surface area contributed by atoms with Gasteiger partial charge in [0.2, 0.25) is 11.9 Å². The number of guanidine groups is 1. The summed E-state index contributed by atoms with van der Waals surface area (Å²) in [6.45, 7) is 0.872. The Morgan fingerprint density at radius 2 is 1.65 bits per heavy atom. The van der Waals surface area contributed by atoms with E-state index in [-0.39, 0.29) is 12.5 Å². The fourth-order valence-electron chi connectivity index (χ4n) is 2.17. The van der Waals surface area contributed by atoms with Crippen LogP contribution < -0.4 is 10.2 Å². The second kappa shape index (κ2) is 5.57. The molecule has 2 aromatic rings. The predicted molar refractivity (Wildman–Crippen MR) is 79.5 cm³/mol. The SMILES string of the molecule is O=C1CN=C(N(Cc2ccccc2)c2ccccc2)N1. The number of anilines is 1. The van der Waals surface area contributed by atoms with Crippen molar-refractivity contribution in [2.24, 2.45) is 4.99 Å². The Morgan fingerprint density at radius 3 is 2.25 bits per heavy atom. The number of benzene rings is 2. The van der Waals surface area contributed by atoms with Crippen LogP contribution in [0.25, 0.3) is 0 Å². The molecule has 0 saturated carbocycles. The van der Waals surface area contributed by atoms with Gasteiger partial charge in [-0.3, -0.25) is 10.1 Å². The third-order valence-corrected chi connectivity index (χ3v) is 3.13. The number of carbonyl (C=O) groups is 1. The summed E-state index contributed by atoms with van der Waals surface area (Å²) in [4.78, 5) is 17.7. The molecule has 0 aliphatic carbocycles. The summed E-state index contributed by atoms with van der Waals surface area (Å²) in [7, 11) is 0. The van der Waals surface area contributed by atoms with E-state index in [1.807, 2.05) is 53.4 Å². The van der Waals surface area contributed by atoms with Crippen molar-refractivity contribution in [2.45, 2.75) is 6.54 Å². The Bertz CT molecular complexity index is 623. The van der Waals surface area contributed by atoms with Crippen molar-refractivity contribution in [3.05, 3.63) is 66.2 Å². The molecule has 0 saturated heterocycles. The molecule has 0 unspecified atom stereocenters. The minimum absolute atomic E-state index is 0.0611. The molecule has 0 atom stereocenters. The number of aliphatic imine (C=N–C) groups is 1. The molecule has 3 rings (SSSR count). The topological polar surface area (TPSA) is 44.7 Å². The Morgan fingerprint density at radius 1 is 1.00 bits per heavy atom. The number of para-hydroxylation sites is 1. The second-order valence-corrected chi connectivity index (χ2v) is 4.60. The van der Waals surface area contributed by atoms with Crippen molar-refractivity contribution >= 4 is 17.6 Å². The molecule has 20 heavy (non-hydrogen) atoms. The minimum Gasteiger partial charge on any atom is -0.308 e. The van der Waals surface area contributed by atoms with Crippen molar-refractivity contribution < 1.29 is 4.79 Å². The summed E-state index contributed by atoms with van der Waals surface area (Å²) in [6.07, 6.45) is 0. The van der Waals surface area contributed by atoms with Gasteiger partial charge < -0.3 is 4.90 Å². The highest BCUT2D eigenvalue weighted by Crippen LogP contribution is 2.18. The molecular weight excluding hydrogens is 250 g/mol. The van der Waals surface area contributed by atoms with E-state index in [1.165, 1.54) is 5.56 Å². The van der Waals surface area contributed by atoms with E-state index in [9.17, 15) is 4.79 Å². The Labute approximate surface area is 117 Å². The van der Waals surface area contributed by atoms with Gasteiger partial charge in [0.1, 0.15) is 6.54 Å². The van der Waals surface area contributed by atoms with Gasteiger partial charge in [-0.25, -0.2) is 4.99 Å². The summed E-state index contributed by atoms with van der Waals surface area (Å²) in [5, 5.41) is 2.81. The first-order chi connectivity index (χ1) is 9.83. The second-order valence-electron chi connectivity index (χ2n) is 4.60. The fraction of sp³-hybridized carbons (Fsp3) is 0.125. The van der Waals surface area contributed by atoms with Crippen molar-refractivity contribution in [2.75, 3.05) is 11.4 Å². The van der Waals surface area contributed by atoms with E-state index in [0.29, 0.717) is 12.5 Å². The maximum absolute atomic E-state index is 11.4. The maximum atomic E-state index is 11.4. The predicted octanol–water partition coefficient (Wildman–Crippen LogP) is 2.18. The molecule has 0 spiro atoms. The lowest BCUT2D eigenvalue weighted by Crippen LogP contribution is -2.40. The van der Waals surface area contributed by atoms with Crippen LogP contribution in [-0.2, 0) is 11.3 Å². The van der Waals surface area contributed by atoms with Crippen LogP contribution in [-0.4, -0.2) is 18.4 Å². The number of hydrogen-bond donors (Lipinski definition) is 1. The maximum Gasteiger partial charge on any atom is 0.248 e. The third kappa shape index (κ3) is 2.69. The van der Waals surface area contributed by atoms with Crippen LogP contribution in [0.1, 0.15) is 5.56 Å². The first-order valence-corrected chi connectivity index (χ1v) is 6.54. The summed E-state index contributed by atoms with van der Waals surface area (Å²) >= 11 is 0. The molecule has 1 amide bonds. The quantitative estimate of drug-likeness (QED) is 0.924. The van der Waals surface area contributed by atoms with Gasteiger partial charge in [0.25, 0.3) is 0 Å². The summed E-state index contributed by atoms with van der Waals surface area (Å²) in [5.41, 5.74) is 2.18. The lowest BCUT2D eigenvalue weighted by molar-refractivity contribution is -0.117. The zero-order valence-electron chi connectivity index (χ0n) is 11.0. The number of amides is 1. The van der Waals surface area contributed by atoms with Gasteiger partial charge in [0.15, 0.2) is 0 Å². The average molecular weight is 265 g/mol. The zero-order valence-corrected chi connectivity index (χ0v) is 11.0. The molecular formula is C16H15N3O. The van der Waals surface area contributed by atoms with Crippen LogP contribution in [0.3, 0.4) is 0 Å². The molecule has 100 valence electrons. The van der Waals surface area contributed by atoms with Gasteiger partial charge in [-0.2, -0.15) is 0 Å². The van der Waals surface area contributed by atoms with E-state index in [0.717, 1.165) is 5.69 Å². The molecule has 1 heterocycles. The molecule has 1 aliphatic heterocycles. The smallest absolute Gasteiger partial charge is 0.248 e. The molecule has 1 aliphatic rings. The third-order valence-electron chi connectivity index (χ3n) is 3.13. The van der Waals surface area contributed by atoms with Gasteiger partial charge in [0.05, 0.1) is 6.54 Å². The molecule has 4 nitrogen and oxygen atoms in total. The lowest BCUT2D eigenvalue weighted by atomic mass is 10.2. The number of carbonyl (C=O) groups excluding carboxylic acids is 1. The van der Waals surface area contributed by atoms with Gasteiger partial charge in [-0.05, 0) is 17.7 Å². The van der Waals surface area contributed by atoms with Crippen LogP contribution in [0.2, 0.25) is 0 Å². The summed E-state index contributed by atoms with van der Waals surface area (Å²) < 4.78 is 0. The molecule has 1 N–H and O–H groups in total. The number of nitrogens with zero attached hydrogens (tertiary/aromatic N) is 2.